The van der Waals surface area contributed by atoms with Crippen LogP contribution in [0, 0.1) is 0 Å². The van der Waals surface area contributed by atoms with Crippen LogP contribution in [0.4, 0.5) is 35.1 Å². The summed E-state index contributed by atoms with van der Waals surface area (Å²) >= 11 is 0. The first kappa shape index (κ1) is 13.9. The number of allylic oxidation sites excluding steroid dienone is 3. The van der Waals surface area contributed by atoms with E-state index in [-0.39, 0.29) is 6.08 Å². The van der Waals surface area contributed by atoms with Gasteiger partial charge in [-0.05, 0) is 6.08 Å². The normalized spacial score (nSPS) is 15.3. The van der Waals surface area contributed by atoms with Gasteiger partial charge in [-0.1, -0.05) is 12.7 Å². The predicted octanol–water partition coefficient (Wildman–Crippen LogP) is 3.86. The van der Waals surface area contributed by atoms with Crippen molar-refractivity contribution >= 4 is 0 Å². The first-order chi connectivity index (χ1) is 6.48. The lowest BCUT2D eigenvalue weighted by molar-refractivity contribution is -0.347. The van der Waals surface area contributed by atoms with E-state index in [1.807, 2.05) is 0 Å². The summed E-state index contributed by atoms with van der Waals surface area (Å²) < 4.78 is 95.5. The lowest BCUT2D eigenvalue weighted by Crippen LogP contribution is -2.52. The maximum Gasteiger partial charge on any atom is 0.460 e. The quantitative estimate of drug-likeness (QED) is 0.519. The van der Waals surface area contributed by atoms with Gasteiger partial charge in [-0.2, -0.15) is 30.7 Å². The Morgan fingerprint density at radius 2 is 1.33 bits per heavy atom. The zero-order chi connectivity index (χ0) is 12.5. The zero-order valence-corrected chi connectivity index (χ0v) is 6.89. The molecule has 0 rings (SSSR count). The van der Waals surface area contributed by atoms with Crippen LogP contribution in [-0.2, 0) is 0 Å². The van der Waals surface area contributed by atoms with E-state index < -0.39 is 23.8 Å². The predicted molar refractivity (Wildman–Crippen MR) is 35.3 cm³/mol. The van der Waals surface area contributed by atoms with Crippen LogP contribution in [0.2, 0.25) is 0 Å². The van der Waals surface area contributed by atoms with Crippen molar-refractivity contribution in [3.63, 3.8) is 0 Å². The van der Waals surface area contributed by atoms with Crippen molar-refractivity contribution in [2.75, 3.05) is 0 Å². The highest BCUT2D eigenvalue weighted by molar-refractivity contribution is 5.16. The molecular formula is C7H4F8. The third-order valence-corrected chi connectivity index (χ3v) is 1.31. The molecule has 0 N–H and O–H groups in total. The fourth-order valence-electron chi connectivity index (χ4n) is 0.536. The molecule has 8 heteroatoms. The Labute approximate surface area is 78.9 Å². The molecule has 0 saturated carbocycles. The Kier molecular flexibility index (Phi) is 3.55. The van der Waals surface area contributed by atoms with Crippen molar-refractivity contribution in [3.8, 4) is 0 Å². The summed E-state index contributed by atoms with van der Waals surface area (Å²) in [4.78, 5) is 0. The van der Waals surface area contributed by atoms with Gasteiger partial charge in [-0.3, -0.25) is 0 Å². The molecule has 0 fully saturated rings. The highest BCUT2D eigenvalue weighted by Crippen LogP contribution is 2.49. The van der Waals surface area contributed by atoms with Crippen LogP contribution < -0.4 is 0 Å². The minimum Gasteiger partial charge on any atom is -0.205 e. The molecule has 0 aliphatic carbocycles. The number of hydrogen-bond donors (Lipinski definition) is 0. The average Bonchev–Trinajstić information content (AvgIpc) is 2.02. The summed E-state index contributed by atoms with van der Waals surface area (Å²) in [6, 6.07) is 0. The van der Waals surface area contributed by atoms with E-state index in [2.05, 4.69) is 6.58 Å². The van der Waals surface area contributed by atoms with Gasteiger partial charge in [0, 0.05) is 0 Å². The van der Waals surface area contributed by atoms with E-state index in [0.29, 0.717) is 6.08 Å². The highest BCUT2D eigenvalue weighted by Gasteiger charge is 2.74. The zero-order valence-electron chi connectivity index (χ0n) is 6.89. The van der Waals surface area contributed by atoms with E-state index in [0.717, 1.165) is 0 Å². The van der Waals surface area contributed by atoms with Gasteiger partial charge in [-0.15, -0.1) is 0 Å². The van der Waals surface area contributed by atoms with Crippen molar-refractivity contribution in [1.29, 1.82) is 0 Å². The van der Waals surface area contributed by atoms with Gasteiger partial charge in [0.15, 0.2) is 5.83 Å². The van der Waals surface area contributed by atoms with E-state index >= 15 is 0 Å². The second-order valence-corrected chi connectivity index (χ2v) is 2.40. The Bertz CT molecular complexity index is 271. The summed E-state index contributed by atoms with van der Waals surface area (Å²) in [5.74, 6) is -15.3. The first-order valence-electron chi connectivity index (χ1n) is 3.29. The Morgan fingerprint density at radius 3 is 1.60 bits per heavy atom. The van der Waals surface area contributed by atoms with Gasteiger partial charge in [0.05, 0.1) is 0 Å². The van der Waals surface area contributed by atoms with E-state index in [4.69, 9.17) is 0 Å². The van der Waals surface area contributed by atoms with Crippen molar-refractivity contribution in [2.24, 2.45) is 0 Å². The van der Waals surface area contributed by atoms with Crippen molar-refractivity contribution < 1.29 is 35.1 Å². The standard InChI is InChI=1S/C7H4F8/c1-2-3-4(8)5(9,10)6(11,12)7(13,14)15/h2-3H,1H2. The summed E-state index contributed by atoms with van der Waals surface area (Å²) in [6.45, 7) is 2.68. The van der Waals surface area contributed by atoms with E-state index in [1.54, 1.807) is 0 Å². The molecule has 0 aliphatic rings. The van der Waals surface area contributed by atoms with Gasteiger partial charge in [0.25, 0.3) is 0 Å². The van der Waals surface area contributed by atoms with Crippen LogP contribution in [0.5, 0.6) is 0 Å². The maximum atomic E-state index is 12.3. The summed E-state index contributed by atoms with van der Waals surface area (Å²) in [5, 5.41) is 0. The SMILES string of the molecule is C=CC=C(F)C(F)(F)C(F)(F)C(F)(F)F. The third-order valence-electron chi connectivity index (χ3n) is 1.31. The molecule has 0 saturated heterocycles. The molecule has 0 aliphatic heterocycles. The third kappa shape index (κ3) is 2.29. The fraction of sp³-hybridized carbons (Fsp3) is 0.429. The van der Waals surface area contributed by atoms with Crippen LogP contribution in [0.3, 0.4) is 0 Å². The lowest BCUT2D eigenvalue weighted by Gasteiger charge is -2.26. The molecule has 0 aromatic heterocycles. The number of halogens is 8. The summed E-state index contributed by atoms with van der Waals surface area (Å²) in [6.07, 6.45) is -6.47. The molecule has 0 heterocycles. The van der Waals surface area contributed by atoms with Crippen LogP contribution in [0.15, 0.2) is 24.6 Å². The average molecular weight is 240 g/mol. The number of alkyl halides is 7. The molecule has 0 spiro atoms. The molecule has 0 unspecified atom stereocenters. The summed E-state index contributed by atoms with van der Waals surface area (Å²) in [7, 11) is 0. The van der Waals surface area contributed by atoms with Gasteiger partial charge in [-0.25, -0.2) is 4.39 Å². The van der Waals surface area contributed by atoms with Crippen LogP contribution in [-0.4, -0.2) is 18.0 Å². The van der Waals surface area contributed by atoms with Crippen LogP contribution >= 0.6 is 0 Å². The molecule has 15 heavy (non-hydrogen) atoms. The topological polar surface area (TPSA) is 0 Å². The Balaban J connectivity index is 5.37. The summed E-state index contributed by atoms with van der Waals surface area (Å²) in [5.41, 5.74) is 0. The van der Waals surface area contributed by atoms with Crippen molar-refractivity contribution in [2.45, 2.75) is 18.0 Å². The molecule has 0 nitrogen and oxygen atoms in total. The lowest BCUT2D eigenvalue weighted by atomic mass is 10.1. The maximum absolute atomic E-state index is 12.3. The fourth-order valence-corrected chi connectivity index (χ4v) is 0.536. The van der Waals surface area contributed by atoms with Gasteiger partial charge < -0.3 is 0 Å². The van der Waals surface area contributed by atoms with Gasteiger partial charge >= 0.3 is 18.0 Å². The molecule has 0 bridgehead atoms. The minimum absolute atomic E-state index is 0.264. The second kappa shape index (κ2) is 3.82. The molecule has 0 atom stereocenters. The molecular weight excluding hydrogens is 236 g/mol. The van der Waals surface area contributed by atoms with Crippen molar-refractivity contribution in [1.82, 2.24) is 0 Å². The first-order valence-corrected chi connectivity index (χ1v) is 3.29. The molecule has 0 aromatic rings. The smallest absolute Gasteiger partial charge is 0.205 e. The molecule has 88 valence electrons. The second-order valence-electron chi connectivity index (χ2n) is 2.40. The number of hydrogen-bond acceptors (Lipinski definition) is 0. The molecule has 0 radical (unpaired) electrons. The van der Waals surface area contributed by atoms with Crippen LogP contribution in [0.1, 0.15) is 0 Å². The largest absolute Gasteiger partial charge is 0.460 e. The van der Waals surface area contributed by atoms with Gasteiger partial charge in [0.2, 0.25) is 0 Å². The van der Waals surface area contributed by atoms with Crippen LogP contribution in [0.25, 0.3) is 0 Å². The van der Waals surface area contributed by atoms with E-state index in [9.17, 15) is 35.1 Å². The molecule has 0 aromatic carbocycles. The van der Waals surface area contributed by atoms with Crippen molar-refractivity contribution in [3.05, 3.63) is 24.6 Å². The Hall–Kier alpha value is -1.08. The van der Waals surface area contributed by atoms with E-state index in [1.165, 1.54) is 0 Å². The monoisotopic (exact) mass is 240 g/mol. The van der Waals surface area contributed by atoms with Gasteiger partial charge in [0.1, 0.15) is 0 Å². The minimum atomic E-state index is -6.54. The Morgan fingerprint density at radius 1 is 0.933 bits per heavy atom. The molecule has 0 amide bonds. The number of rotatable bonds is 3. The highest BCUT2D eigenvalue weighted by atomic mass is 19.4.